The van der Waals surface area contributed by atoms with Gasteiger partial charge in [0.2, 0.25) is 0 Å². The molecule has 0 saturated heterocycles. The van der Waals surface area contributed by atoms with E-state index in [0.717, 1.165) is 6.42 Å². The quantitative estimate of drug-likeness (QED) is 0.790. The van der Waals surface area contributed by atoms with Gasteiger partial charge >= 0.3 is 0 Å². The number of aliphatic hydroxyl groups excluding tert-OH is 1. The van der Waals surface area contributed by atoms with Crippen molar-refractivity contribution < 1.29 is 9.84 Å². The standard InChI is InChI=1S/C12H16Cl2O2/c1-2-16-7-3-4-12(15)10-8-9(13)5-6-11(10)14/h5-6,8,12,15H,2-4,7H2,1H3. The highest BCUT2D eigenvalue weighted by atomic mass is 35.5. The lowest BCUT2D eigenvalue weighted by Crippen LogP contribution is -2.01. The Labute approximate surface area is 106 Å². The molecule has 0 saturated carbocycles. The zero-order valence-electron chi connectivity index (χ0n) is 9.25. The molecule has 0 amide bonds. The lowest BCUT2D eigenvalue weighted by Gasteiger charge is -2.12. The Morgan fingerprint density at radius 2 is 2.12 bits per heavy atom. The van der Waals surface area contributed by atoms with Crippen molar-refractivity contribution in [2.24, 2.45) is 0 Å². The van der Waals surface area contributed by atoms with Crippen LogP contribution in [0.15, 0.2) is 18.2 Å². The molecule has 1 N–H and O–H groups in total. The van der Waals surface area contributed by atoms with E-state index in [-0.39, 0.29) is 0 Å². The van der Waals surface area contributed by atoms with E-state index in [4.69, 9.17) is 27.9 Å². The largest absolute Gasteiger partial charge is 0.388 e. The number of halogens is 2. The van der Waals surface area contributed by atoms with Crippen LogP contribution in [0.2, 0.25) is 10.0 Å². The summed E-state index contributed by atoms with van der Waals surface area (Å²) in [4.78, 5) is 0. The summed E-state index contributed by atoms with van der Waals surface area (Å²) in [5.41, 5.74) is 0.686. The van der Waals surface area contributed by atoms with E-state index in [9.17, 15) is 5.11 Å². The second kappa shape index (κ2) is 7.13. The van der Waals surface area contributed by atoms with Crippen LogP contribution in [0.25, 0.3) is 0 Å². The summed E-state index contributed by atoms with van der Waals surface area (Å²) in [5, 5.41) is 11.1. The molecule has 0 aliphatic carbocycles. The monoisotopic (exact) mass is 262 g/mol. The van der Waals surface area contributed by atoms with E-state index in [0.29, 0.717) is 35.2 Å². The summed E-state index contributed by atoms with van der Waals surface area (Å²) in [6.07, 6.45) is 0.851. The van der Waals surface area contributed by atoms with Crippen LogP contribution in [-0.2, 0) is 4.74 Å². The summed E-state index contributed by atoms with van der Waals surface area (Å²) in [6, 6.07) is 5.11. The maximum absolute atomic E-state index is 9.93. The summed E-state index contributed by atoms with van der Waals surface area (Å²) >= 11 is 11.8. The Morgan fingerprint density at radius 3 is 2.81 bits per heavy atom. The molecule has 2 nitrogen and oxygen atoms in total. The minimum absolute atomic E-state index is 0.549. The first kappa shape index (κ1) is 13.8. The van der Waals surface area contributed by atoms with Crippen molar-refractivity contribution in [3.63, 3.8) is 0 Å². The zero-order chi connectivity index (χ0) is 12.0. The number of hydrogen-bond donors (Lipinski definition) is 1. The lowest BCUT2D eigenvalue weighted by molar-refractivity contribution is 0.114. The average Bonchev–Trinajstić information content (AvgIpc) is 2.27. The molecule has 4 heteroatoms. The van der Waals surface area contributed by atoms with Gasteiger partial charge in [0.1, 0.15) is 0 Å². The molecule has 1 rings (SSSR count). The minimum atomic E-state index is -0.577. The highest BCUT2D eigenvalue weighted by Gasteiger charge is 2.11. The molecule has 0 fully saturated rings. The molecule has 1 aromatic carbocycles. The molecule has 0 radical (unpaired) electrons. The van der Waals surface area contributed by atoms with Crippen LogP contribution >= 0.6 is 23.2 Å². The molecule has 0 aliphatic rings. The molecule has 1 aromatic rings. The van der Waals surface area contributed by atoms with E-state index >= 15 is 0 Å². The normalized spacial score (nSPS) is 12.8. The number of rotatable bonds is 6. The molecule has 1 unspecified atom stereocenters. The second-order valence-corrected chi connectivity index (χ2v) is 4.36. The molecular weight excluding hydrogens is 247 g/mol. The van der Waals surface area contributed by atoms with Gasteiger partial charge in [-0.2, -0.15) is 0 Å². The first-order valence-electron chi connectivity index (χ1n) is 5.36. The average molecular weight is 263 g/mol. The molecule has 16 heavy (non-hydrogen) atoms. The van der Waals surface area contributed by atoms with E-state index in [1.54, 1.807) is 18.2 Å². The fourth-order valence-electron chi connectivity index (χ4n) is 1.45. The number of hydrogen-bond acceptors (Lipinski definition) is 2. The van der Waals surface area contributed by atoms with Crippen molar-refractivity contribution in [2.45, 2.75) is 25.9 Å². The molecule has 0 spiro atoms. The van der Waals surface area contributed by atoms with Gasteiger partial charge < -0.3 is 9.84 Å². The van der Waals surface area contributed by atoms with E-state index in [1.807, 2.05) is 6.92 Å². The maximum atomic E-state index is 9.93. The second-order valence-electron chi connectivity index (χ2n) is 3.52. The Hall–Kier alpha value is -0.280. The number of benzene rings is 1. The van der Waals surface area contributed by atoms with E-state index in [1.165, 1.54) is 0 Å². The Kier molecular flexibility index (Phi) is 6.14. The van der Waals surface area contributed by atoms with Crippen molar-refractivity contribution in [2.75, 3.05) is 13.2 Å². The topological polar surface area (TPSA) is 29.5 Å². The molecular formula is C12H16Cl2O2. The predicted octanol–water partition coefficient (Wildman–Crippen LogP) is 3.84. The third-order valence-corrected chi connectivity index (χ3v) is 2.87. The summed E-state index contributed by atoms with van der Waals surface area (Å²) in [5.74, 6) is 0. The molecule has 1 atom stereocenters. The van der Waals surface area contributed by atoms with Crippen molar-refractivity contribution in [1.29, 1.82) is 0 Å². The van der Waals surface area contributed by atoms with Gasteiger partial charge in [0.25, 0.3) is 0 Å². The minimum Gasteiger partial charge on any atom is -0.388 e. The van der Waals surface area contributed by atoms with Gasteiger partial charge in [0, 0.05) is 28.8 Å². The SMILES string of the molecule is CCOCCCC(O)c1cc(Cl)ccc1Cl. The fourth-order valence-corrected chi connectivity index (χ4v) is 1.87. The van der Waals surface area contributed by atoms with Crippen LogP contribution in [-0.4, -0.2) is 18.3 Å². The Balaban J connectivity index is 2.51. The number of aliphatic hydroxyl groups is 1. The van der Waals surface area contributed by atoms with E-state index in [2.05, 4.69) is 0 Å². The van der Waals surface area contributed by atoms with Gasteiger partial charge in [0.05, 0.1) is 6.10 Å². The third kappa shape index (κ3) is 4.30. The maximum Gasteiger partial charge on any atom is 0.0805 e. The summed E-state index contributed by atoms with van der Waals surface area (Å²) < 4.78 is 5.20. The first-order valence-corrected chi connectivity index (χ1v) is 6.11. The summed E-state index contributed by atoms with van der Waals surface area (Å²) in [7, 11) is 0. The van der Waals surface area contributed by atoms with E-state index < -0.39 is 6.10 Å². The third-order valence-electron chi connectivity index (χ3n) is 2.29. The number of ether oxygens (including phenoxy) is 1. The summed E-state index contributed by atoms with van der Waals surface area (Å²) in [6.45, 7) is 3.31. The van der Waals surface area contributed by atoms with Gasteiger partial charge in [0.15, 0.2) is 0 Å². The highest BCUT2D eigenvalue weighted by molar-refractivity contribution is 6.33. The molecule has 90 valence electrons. The predicted molar refractivity (Wildman–Crippen MR) is 67.1 cm³/mol. The van der Waals surface area contributed by atoms with Crippen LogP contribution in [0.3, 0.4) is 0 Å². The van der Waals surface area contributed by atoms with Crippen LogP contribution in [0.4, 0.5) is 0 Å². The van der Waals surface area contributed by atoms with Crippen LogP contribution in [0, 0.1) is 0 Å². The fraction of sp³-hybridized carbons (Fsp3) is 0.500. The van der Waals surface area contributed by atoms with Gasteiger partial charge in [-0.05, 0) is 38.0 Å². The lowest BCUT2D eigenvalue weighted by atomic mass is 10.1. The molecule has 0 aromatic heterocycles. The zero-order valence-corrected chi connectivity index (χ0v) is 10.8. The van der Waals surface area contributed by atoms with Crippen molar-refractivity contribution in [3.8, 4) is 0 Å². The van der Waals surface area contributed by atoms with Crippen molar-refractivity contribution in [1.82, 2.24) is 0 Å². The van der Waals surface area contributed by atoms with Gasteiger partial charge in [-0.3, -0.25) is 0 Å². The Bertz CT molecular complexity index is 329. The molecule has 0 aliphatic heterocycles. The first-order chi connectivity index (χ1) is 7.65. The van der Waals surface area contributed by atoms with Gasteiger partial charge in [-0.15, -0.1) is 0 Å². The smallest absolute Gasteiger partial charge is 0.0805 e. The van der Waals surface area contributed by atoms with Crippen molar-refractivity contribution >= 4 is 23.2 Å². The highest BCUT2D eigenvalue weighted by Crippen LogP contribution is 2.28. The van der Waals surface area contributed by atoms with Crippen LogP contribution in [0.1, 0.15) is 31.4 Å². The van der Waals surface area contributed by atoms with Gasteiger partial charge in [-0.25, -0.2) is 0 Å². The molecule has 0 bridgehead atoms. The molecule has 0 heterocycles. The Morgan fingerprint density at radius 1 is 1.38 bits per heavy atom. The van der Waals surface area contributed by atoms with Crippen LogP contribution < -0.4 is 0 Å². The van der Waals surface area contributed by atoms with Crippen LogP contribution in [0.5, 0.6) is 0 Å². The van der Waals surface area contributed by atoms with Gasteiger partial charge in [-0.1, -0.05) is 23.2 Å². The van der Waals surface area contributed by atoms with Crippen molar-refractivity contribution in [3.05, 3.63) is 33.8 Å².